The topological polar surface area (TPSA) is 33.2 Å². The molecule has 0 bridgehead atoms. The van der Waals surface area contributed by atoms with Gasteiger partial charge in [-0.2, -0.15) is 0 Å². The lowest BCUT2D eigenvalue weighted by molar-refractivity contribution is -0.138. The Hall–Kier alpha value is -1.72. The van der Waals surface area contributed by atoms with Gasteiger partial charge < -0.3 is 4.90 Å². The smallest absolute Gasteiger partial charge is 0.226 e. The molecule has 0 unspecified atom stereocenters. The fourth-order valence-corrected chi connectivity index (χ4v) is 6.50. The Balaban J connectivity index is 1.41. The molecule has 0 spiro atoms. The molecule has 1 aromatic carbocycles. The molecule has 3 aromatic rings. The summed E-state index contributed by atoms with van der Waals surface area (Å²) >= 11 is 3.61. The third kappa shape index (κ3) is 2.87. The van der Waals surface area contributed by atoms with Gasteiger partial charge in [0.25, 0.3) is 0 Å². The molecule has 1 saturated carbocycles. The molecule has 1 fully saturated rings. The van der Waals surface area contributed by atoms with E-state index < -0.39 is 0 Å². The zero-order valence-corrected chi connectivity index (χ0v) is 16.3. The lowest BCUT2D eigenvalue weighted by Crippen LogP contribution is -2.42. The Morgan fingerprint density at radius 2 is 2.04 bits per heavy atom. The van der Waals surface area contributed by atoms with Gasteiger partial charge in [0.2, 0.25) is 5.91 Å². The maximum absolute atomic E-state index is 13.4. The van der Waals surface area contributed by atoms with Crippen LogP contribution in [0, 0.1) is 5.92 Å². The number of nitrogens with zero attached hydrogens (tertiary/aromatic N) is 2. The highest BCUT2D eigenvalue weighted by atomic mass is 32.1. The van der Waals surface area contributed by atoms with E-state index in [1.165, 1.54) is 21.6 Å². The van der Waals surface area contributed by atoms with E-state index in [4.69, 9.17) is 4.98 Å². The third-order valence-electron chi connectivity index (χ3n) is 5.83. The number of carbonyl (C=O) groups is 1. The molecule has 26 heavy (non-hydrogen) atoms. The second-order valence-corrected chi connectivity index (χ2v) is 9.46. The minimum Gasteiger partial charge on any atom is -0.338 e. The Bertz CT molecular complexity index is 911. The fraction of sp³-hybridized carbons (Fsp3) is 0.429. The molecule has 134 valence electrons. The van der Waals surface area contributed by atoms with Crippen LogP contribution in [0.4, 0.5) is 0 Å². The van der Waals surface area contributed by atoms with Crippen molar-refractivity contribution >= 4 is 38.8 Å². The Labute approximate surface area is 161 Å². The van der Waals surface area contributed by atoms with E-state index in [0.717, 1.165) is 49.3 Å². The molecule has 0 saturated heterocycles. The molecular weight excluding hydrogens is 360 g/mol. The van der Waals surface area contributed by atoms with Crippen molar-refractivity contribution in [1.82, 2.24) is 9.88 Å². The second kappa shape index (κ2) is 6.78. The first-order valence-electron chi connectivity index (χ1n) is 9.49. The van der Waals surface area contributed by atoms with Gasteiger partial charge in [-0.3, -0.25) is 4.79 Å². The van der Waals surface area contributed by atoms with E-state index in [1.807, 2.05) is 17.4 Å². The largest absolute Gasteiger partial charge is 0.338 e. The number of thiophene rings is 1. The molecule has 1 amide bonds. The molecular formula is C21H22N2OS2. The maximum atomic E-state index is 13.4. The summed E-state index contributed by atoms with van der Waals surface area (Å²) < 4.78 is 1.24. The monoisotopic (exact) mass is 382 g/mol. The van der Waals surface area contributed by atoms with Gasteiger partial charge in [0.1, 0.15) is 0 Å². The minimum atomic E-state index is 0.101. The average Bonchev–Trinajstić information content (AvgIpc) is 3.33. The van der Waals surface area contributed by atoms with Crippen LogP contribution in [0.15, 0.2) is 35.7 Å². The summed E-state index contributed by atoms with van der Waals surface area (Å²) in [5, 5.41) is 3.32. The first-order chi connectivity index (χ1) is 12.8. The molecule has 1 aliphatic heterocycles. The summed E-state index contributed by atoms with van der Waals surface area (Å²) in [7, 11) is 0. The summed E-state index contributed by atoms with van der Waals surface area (Å²) in [6.07, 6.45) is 5.48. The number of amides is 1. The number of rotatable bonds is 2. The molecule has 1 aliphatic carbocycles. The predicted octanol–water partition coefficient (Wildman–Crippen LogP) is 5.22. The number of aromatic nitrogens is 1. The number of hydrogen-bond donors (Lipinski definition) is 0. The molecule has 3 heterocycles. The lowest BCUT2D eigenvalue weighted by atomic mass is 9.78. The van der Waals surface area contributed by atoms with Gasteiger partial charge in [-0.25, -0.2) is 4.98 Å². The molecule has 0 radical (unpaired) electrons. The van der Waals surface area contributed by atoms with Gasteiger partial charge >= 0.3 is 0 Å². The van der Waals surface area contributed by atoms with Crippen LogP contribution in [-0.4, -0.2) is 22.3 Å². The van der Waals surface area contributed by atoms with Gasteiger partial charge in [-0.05, 0) is 48.4 Å². The van der Waals surface area contributed by atoms with E-state index in [0.29, 0.717) is 5.91 Å². The van der Waals surface area contributed by atoms with E-state index in [2.05, 4.69) is 34.5 Å². The number of thiazole rings is 1. The van der Waals surface area contributed by atoms with Crippen molar-refractivity contribution < 1.29 is 4.79 Å². The summed E-state index contributed by atoms with van der Waals surface area (Å²) in [6.45, 7) is 1.66. The molecule has 2 atom stereocenters. The van der Waals surface area contributed by atoms with E-state index in [-0.39, 0.29) is 11.8 Å². The van der Waals surface area contributed by atoms with Gasteiger partial charge in [-0.1, -0.05) is 25.0 Å². The van der Waals surface area contributed by atoms with Gasteiger partial charge in [0, 0.05) is 29.8 Å². The van der Waals surface area contributed by atoms with Crippen molar-refractivity contribution in [3.8, 4) is 0 Å². The molecule has 2 aromatic heterocycles. The molecule has 0 N–H and O–H groups in total. The average molecular weight is 383 g/mol. The zero-order chi connectivity index (χ0) is 17.5. The Kier molecular flexibility index (Phi) is 4.29. The normalized spacial score (nSPS) is 23.2. The van der Waals surface area contributed by atoms with Crippen molar-refractivity contribution in [2.24, 2.45) is 5.92 Å². The van der Waals surface area contributed by atoms with Crippen LogP contribution in [0.1, 0.15) is 47.0 Å². The van der Waals surface area contributed by atoms with Gasteiger partial charge in [0.05, 0.1) is 15.2 Å². The van der Waals surface area contributed by atoms with Crippen molar-refractivity contribution in [1.29, 1.82) is 0 Å². The van der Waals surface area contributed by atoms with E-state index in [9.17, 15) is 4.79 Å². The van der Waals surface area contributed by atoms with Crippen molar-refractivity contribution in [2.75, 3.05) is 6.54 Å². The van der Waals surface area contributed by atoms with Crippen molar-refractivity contribution in [2.45, 2.75) is 44.6 Å². The molecule has 3 nitrogen and oxygen atoms in total. The minimum absolute atomic E-state index is 0.101. The van der Waals surface area contributed by atoms with Gasteiger partial charge in [0.15, 0.2) is 0 Å². The quantitative estimate of drug-likeness (QED) is 0.609. The van der Waals surface area contributed by atoms with Crippen LogP contribution < -0.4 is 0 Å². The summed E-state index contributed by atoms with van der Waals surface area (Å²) in [5.74, 6) is 0.743. The fourth-order valence-electron chi connectivity index (χ4n) is 4.44. The Morgan fingerprint density at radius 1 is 1.15 bits per heavy atom. The van der Waals surface area contributed by atoms with E-state index in [1.54, 1.807) is 11.3 Å². The van der Waals surface area contributed by atoms with Gasteiger partial charge in [-0.15, -0.1) is 22.7 Å². The van der Waals surface area contributed by atoms with Crippen LogP contribution in [-0.2, 0) is 17.8 Å². The van der Waals surface area contributed by atoms with Crippen LogP contribution in [0.3, 0.4) is 0 Å². The summed E-state index contributed by atoms with van der Waals surface area (Å²) in [4.78, 5) is 21.8. The van der Waals surface area contributed by atoms with Crippen molar-refractivity contribution in [3.63, 3.8) is 0 Å². The highest BCUT2D eigenvalue weighted by Crippen LogP contribution is 2.42. The number of hydrogen-bond acceptors (Lipinski definition) is 4. The Morgan fingerprint density at radius 3 is 2.96 bits per heavy atom. The zero-order valence-electron chi connectivity index (χ0n) is 14.7. The molecule has 2 aliphatic rings. The van der Waals surface area contributed by atoms with Crippen molar-refractivity contribution in [3.05, 3.63) is 51.2 Å². The van der Waals surface area contributed by atoms with Crippen LogP contribution in [0.5, 0.6) is 0 Å². The highest BCUT2D eigenvalue weighted by Gasteiger charge is 2.37. The summed E-state index contributed by atoms with van der Waals surface area (Å²) in [6, 6.07) is 10.5. The first-order valence-corrected chi connectivity index (χ1v) is 11.2. The predicted molar refractivity (Wildman–Crippen MR) is 108 cm³/mol. The number of benzene rings is 1. The second-order valence-electron chi connectivity index (χ2n) is 7.40. The first kappa shape index (κ1) is 16.5. The molecule has 5 rings (SSSR count). The summed E-state index contributed by atoms with van der Waals surface area (Å²) in [5.41, 5.74) is 2.42. The van der Waals surface area contributed by atoms with Crippen LogP contribution >= 0.6 is 22.7 Å². The number of fused-ring (bicyclic) bond motifs is 2. The lowest BCUT2D eigenvalue weighted by Gasteiger charge is -2.35. The highest BCUT2D eigenvalue weighted by molar-refractivity contribution is 7.18. The maximum Gasteiger partial charge on any atom is 0.226 e. The van der Waals surface area contributed by atoms with E-state index >= 15 is 0 Å². The number of para-hydroxylation sites is 1. The number of carbonyl (C=O) groups excluding carboxylic acids is 1. The van der Waals surface area contributed by atoms with Crippen LogP contribution in [0.25, 0.3) is 10.2 Å². The molecule has 5 heteroatoms. The van der Waals surface area contributed by atoms with Crippen LogP contribution in [0.2, 0.25) is 0 Å². The standard InChI is InChI=1S/C21H22N2OS2/c24-21(23-11-9-18-14(13-23)10-12-25-18)16-6-2-1-5-15(16)20-22-17-7-3-4-8-19(17)26-20/h3-4,7-8,10,12,15-16H,1-2,5-6,9,11,13H2/t15-,16-/m1/s1. The third-order valence-corrected chi connectivity index (χ3v) is 8.02. The SMILES string of the molecule is O=C([C@@H]1CCCC[C@H]1c1nc2ccccc2s1)N1CCc2sccc2C1.